The Morgan fingerprint density at radius 3 is 2.85 bits per heavy atom. The predicted molar refractivity (Wildman–Crippen MR) is 78.9 cm³/mol. The molecule has 1 aromatic carbocycles. The molecule has 0 spiro atoms. The number of piperidine rings is 1. The van der Waals surface area contributed by atoms with E-state index in [1.54, 1.807) is 6.07 Å². The number of anilines is 2. The van der Waals surface area contributed by atoms with Crippen molar-refractivity contribution in [2.45, 2.75) is 25.3 Å². The van der Waals surface area contributed by atoms with Crippen LogP contribution in [0.4, 0.5) is 17.1 Å². The van der Waals surface area contributed by atoms with Crippen molar-refractivity contribution in [2.24, 2.45) is 0 Å². The number of benzene rings is 1. The van der Waals surface area contributed by atoms with E-state index >= 15 is 0 Å². The average molecular weight is 276 g/mol. The largest absolute Gasteiger partial charge is 0.393 e. The molecule has 2 fully saturated rings. The smallest absolute Gasteiger partial charge is 0.292 e. The molecule has 6 heteroatoms. The second-order valence-corrected chi connectivity index (χ2v) is 5.63. The number of fused-ring (bicyclic) bond motifs is 1. The second kappa shape index (κ2) is 5.28. The molecule has 0 bridgehead atoms. The fourth-order valence-corrected chi connectivity index (χ4v) is 3.30. The molecule has 2 aliphatic heterocycles. The summed E-state index contributed by atoms with van der Waals surface area (Å²) in [5.74, 6) is 0. The highest BCUT2D eigenvalue weighted by atomic mass is 16.6. The molecule has 0 saturated carbocycles. The third-order valence-electron chi connectivity index (χ3n) is 4.41. The Labute approximate surface area is 118 Å². The molecule has 0 aliphatic carbocycles. The van der Waals surface area contributed by atoms with Gasteiger partial charge in [0.25, 0.3) is 5.69 Å². The zero-order chi connectivity index (χ0) is 14.1. The van der Waals surface area contributed by atoms with Gasteiger partial charge in [-0.05, 0) is 31.5 Å². The van der Waals surface area contributed by atoms with Crippen molar-refractivity contribution in [1.82, 2.24) is 4.90 Å². The van der Waals surface area contributed by atoms with Gasteiger partial charge in [-0.2, -0.15) is 0 Å². The molecule has 0 aromatic heterocycles. The molecule has 2 aliphatic rings. The minimum atomic E-state index is -0.432. The van der Waals surface area contributed by atoms with E-state index in [1.807, 2.05) is 6.07 Å². The molecule has 108 valence electrons. The van der Waals surface area contributed by atoms with Crippen LogP contribution in [0.15, 0.2) is 18.2 Å². The molecule has 0 amide bonds. The van der Waals surface area contributed by atoms with Gasteiger partial charge in [0.05, 0.1) is 4.92 Å². The molecule has 2 N–H and O–H groups in total. The standard InChI is InChI=1S/C14H20N4O2/c15-13-9-11(4-5-14(13)18(19)20)17-8-7-16-6-2-1-3-12(16)10-17/h4-5,9,12H,1-3,6-8,10,15H2. The predicted octanol–water partition coefficient (Wildman–Crippen LogP) is 1.85. The van der Waals surface area contributed by atoms with Crippen LogP contribution in [0, 0.1) is 10.1 Å². The zero-order valence-electron chi connectivity index (χ0n) is 11.5. The molecular weight excluding hydrogens is 256 g/mol. The van der Waals surface area contributed by atoms with E-state index in [9.17, 15) is 10.1 Å². The van der Waals surface area contributed by atoms with Gasteiger partial charge in [-0.3, -0.25) is 15.0 Å². The summed E-state index contributed by atoms with van der Waals surface area (Å²) in [4.78, 5) is 15.2. The van der Waals surface area contributed by atoms with Gasteiger partial charge in [0, 0.05) is 37.4 Å². The van der Waals surface area contributed by atoms with E-state index in [0.717, 1.165) is 25.3 Å². The summed E-state index contributed by atoms with van der Waals surface area (Å²) < 4.78 is 0. The molecule has 1 atom stereocenters. The maximum Gasteiger partial charge on any atom is 0.292 e. The maximum absolute atomic E-state index is 10.8. The van der Waals surface area contributed by atoms with Gasteiger partial charge in [0.2, 0.25) is 0 Å². The molecule has 1 aromatic rings. The van der Waals surface area contributed by atoms with E-state index in [4.69, 9.17) is 5.73 Å². The fraction of sp³-hybridized carbons (Fsp3) is 0.571. The van der Waals surface area contributed by atoms with Gasteiger partial charge >= 0.3 is 0 Å². The Balaban J connectivity index is 1.76. The Hall–Kier alpha value is -1.82. The molecule has 20 heavy (non-hydrogen) atoms. The van der Waals surface area contributed by atoms with Crippen LogP contribution in [-0.4, -0.2) is 42.0 Å². The SMILES string of the molecule is Nc1cc(N2CCN3CCCCC3C2)ccc1[N+](=O)[O-]. The Kier molecular flexibility index (Phi) is 3.48. The van der Waals surface area contributed by atoms with Crippen LogP contribution in [0.2, 0.25) is 0 Å². The number of hydrogen-bond acceptors (Lipinski definition) is 5. The lowest BCUT2D eigenvalue weighted by molar-refractivity contribution is -0.383. The minimum absolute atomic E-state index is 0.00921. The highest BCUT2D eigenvalue weighted by molar-refractivity contribution is 5.66. The molecule has 1 unspecified atom stereocenters. The second-order valence-electron chi connectivity index (χ2n) is 5.63. The van der Waals surface area contributed by atoms with Crippen molar-refractivity contribution in [1.29, 1.82) is 0 Å². The highest BCUT2D eigenvalue weighted by Crippen LogP contribution is 2.29. The van der Waals surface area contributed by atoms with Crippen LogP contribution < -0.4 is 10.6 Å². The summed E-state index contributed by atoms with van der Waals surface area (Å²) in [5, 5.41) is 10.8. The summed E-state index contributed by atoms with van der Waals surface area (Å²) in [6, 6.07) is 5.68. The quantitative estimate of drug-likeness (QED) is 0.507. The van der Waals surface area contributed by atoms with Crippen LogP contribution in [-0.2, 0) is 0 Å². The van der Waals surface area contributed by atoms with Crippen molar-refractivity contribution in [3.63, 3.8) is 0 Å². The molecule has 6 nitrogen and oxygen atoms in total. The average Bonchev–Trinajstić information content (AvgIpc) is 2.46. The first kappa shape index (κ1) is 13.2. The van der Waals surface area contributed by atoms with Crippen LogP contribution in [0.5, 0.6) is 0 Å². The van der Waals surface area contributed by atoms with Crippen molar-refractivity contribution in [3.05, 3.63) is 28.3 Å². The third-order valence-corrected chi connectivity index (χ3v) is 4.41. The molecule has 2 saturated heterocycles. The fourth-order valence-electron chi connectivity index (χ4n) is 3.30. The van der Waals surface area contributed by atoms with Gasteiger partial charge in [-0.15, -0.1) is 0 Å². The van der Waals surface area contributed by atoms with E-state index in [-0.39, 0.29) is 11.4 Å². The minimum Gasteiger partial charge on any atom is -0.393 e. The van der Waals surface area contributed by atoms with Crippen LogP contribution in [0.1, 0.15) is 19.3 Å². The van der Waals surface area contributed by atoms with E-state index < -0.39 is 4.92 Å². The van der Waals surface area contributed by atoms with E-state index in [1.165, 1.54) is 31.9 Å². The molecule has 3 rings (SSSR count). The van der Waals surface area contributed by atoms with Crippen molar-refractivity contribution < 1.29 is 4.92 Å². The number of nitrogens with two attached hydrogens (primary N) is 1. The van der Waals surface area contributed by atoms with Gasteiger partial charge in [0.1, 0.15) is 5.69 Å². The molecule has 2 heterocycles. The lowest BCUT2D eigenvalue weighted by Gasteiger charge is -2.44. The van der Waals surface area contributed by atoms with Crippen molar-refractivity contribution in [2.75, 3.05) is 36.8 Å². The summed E-state index contributed by atoms with van der Waals surface area (Å²) in [5.41, 5.74) is 7.02. The number of rotatable bonds is 2. The monoisotopic (exact) mass is 276 g/mol. The summed E-state index contributed by atoms with van der Waals surface area (Å²) in [6.07, 6.45) is 3.86. The summed E-state index contributed by atoms with van der Waals surface area (Å²) in [6.45, 7) is 4.24. The third kappa shape index (κ3) is 2.43. The van der Waals surface area contributed by atoms with E-state index in [2.05, 4.69) is 9.80 Å². The normalized spacial score (nSPS) is 23.4. The van der Waals surface area contributed by atoms with Crippen LogP contribution in [0.25, 0.3) is 0 Å². The number of nitrogen functional groups attached to an aromatic ring is 1. The topological polar surface area (TPSA) is 75.6 Å². The first-order chi connectivity index (χ1) is 9.65. The lowest BCUT2D eigenvalue weighted by atomic mass is 9.99. The van der Waals surface area contributed by atoms with Gasteiger partial charge < -0.3 is 10.6 Å². The van der Waals surface area contributed by atoms with Crippen molar-refractivity contribution in [3.8, 4) is 0 Å². The zero-order valence-corrected chi connectivity index (χ0v) is 11.5. The summed E-state index contributed by atoms with van der Waals surface area (Å²) >= 11 is 0. The molecule has 0 radical (unpaired) electrons. The van der Waals surface area contributed by atoms with Crippen LogP contribution >= 0.6 is 0 Å². The Bertz CT molecular complexity index is 520. The number of piperazine rings is 1. The number of nitro groups is 1. The van der Waals surface area contributed by atoms with Gasteiger partial charge in [0.15, 0.2) is 0 Å². The van der Waals surface area contributed by atoms with Gasteiger partial charge in [-0.25, -0.2) is 0 Å². The van der Waals surface area contributed by atoms with Gasteiger partial charge in [-0.1, -0.05) is 6.42 Å². The Morgan fingerprint density at radius 1 is 1.25 bits per heavy atom. The number of nitro benzene ring substituents is 1. The van der Waals surface area contributed by atoms with E-state index in [0.29, 0.717) is 6.04 Å². The lowest BCUT2D eigenvalue weighted by Crippen LogP contribution is -2.54. The maximum atomic E-state index is 10.8. The number of nitrogens with zero attached hydrogens (tertiary/aromatic N) is 3. The number of hydrogen-bond donors (Lipinski definition) is 1. The molecular formula is C14H20N4O2. The van der Waals surface area contributed by atoms with Crippen molar-refractivity contribution >= 4 is 17.1 Å². The summed E-state index contributed by atoms with van der Waals surface area (Å²) in [7, 11) is 0. The van der Waals surface area contributed by atoms with Crippen LogP contribution in [0.3, 0.4) is 0 Å². The first-order valence-corrected chi connectivity index (χ1v) is 7.18. The Morgan fingerprint density at radius 2 is 2.10 bits per heavy atom. The highest BCUT2D eigenvalue weighted by Gasteiger charge is 2.29. The first-order valence-electron chi connectivity index (χ1n) is 7.18.